The maximum atomic E-state index is 13.0. The van der Waals surface area contributed by atoms with E-state index in [-0.39, 0.29) is 11.8 Å². The average Bonchev–Trinajstić information content (AvgIpc) is 2.68. The van der Waals surface area contributed by atoms with Crippen LogP contribution < -0.4 is 5.32 Å². The number of hydrogen-bond acceptors (Lipinski definition) is 2. The minimum absolute atomic E-state index is 0.128. The molecule has 26 heavy (non-hydrogen) atoms. The molecule has 4 nitrogen and oxygen atoms in total. The van der Waals surface area contributed by atoms with Crippen molar-refractivity contribution in [3.8, 4) is 0 Å². The fourth-order valence-electron chi connectivity index (χ4n) is 2.96. The minimum Gasteiger partial charge on any atom is -0.337 e. The number of hydrogen-bond donors (Lipinski definition) is 1. The fourth-order valence-corrected chi connectivity index (χ4v) is 3.36. The lowest BCUT2D eigenvalue weighted by Crippen LogP contribution is -2.41. The molecule has 5 heteroatoms. The number of halogens is 1. The normalized spacial score (nSPS) is 14.8. The zero-order chi connectivity index (χ0) is 18.4. The Balaban J connectivity index is 1.86. The molecule has 134 valence electrons. The van der Waals surface area contributed by atoms with Gasteiger partial charge in [0.05, 0.1) is 0 Å². The van der Waals surface area contributed by atoms with Crippen molar-refractivity contribution in [2.24, 2.45) is 0 Å². The predicted molar refractivity (Wildman–Crippen MR) is 106 cm³/mol. The Morgan fingerprint density at radius 2 is 1.69 bits per heavy atom. The van der Waals surface area contributed by atoms with Gasteiger partial charge in [-0.05, 0) is 49.1 Å². The zero-order valence-electron chi connectivity index (χ0n) is 14.5. The molecule has 0 bridgehead atoms. The highest BCUT2D eigenvalue weighted by molar-refractivity contribution is 9.10. The first kappa shape index (κ1) is 18.4. The number of carbonyl (C=O) groups is 2. The van der Waals surface area contributed by atoms with Gasteiger partial charge in [-0.2, -0.15) is 0 Å². The standard InChI is InChI=1S/C21H21BrN2O2/c22-18-11-7-10-17(15-18)20(25)23-19(14-16-8-3-1-4-9-16)21(26)24-12-5-2-6-13-24/h1,3-4,7-11,14-15H,2,5-6,12-13H2,(H,23,25). The molecule has 0 saturated carbocycles. The van der Waals surface area contributed by atoms with Gasteiger partial charge in [0.2, 0.25) is 0 Å². The van der Waals surface area contributed by atoms with Crippen LogP contribution in [-0.4, -0.2) is 29.8 Å². The van der Waals surface area contributed by atoms with Crippen LogP contribution in [0.25, 0.3) is 6.08 Å². The maximum Gasteiger partial charge on any atom is 0.270 e. The number of nitrogens with zero attached hydrogens (tertiary/aromatic N) is 1. The summed E-state index contributed by atoms with van der Waals surface area (Å²) in [7, 11) is 0. The van der Waals surface area contributed by atoms with Gasteiger partial charge in [-0.1, -0.05) is 52.3 Å². The Morgan fingerprint density at radius 3 is 2.38 bits per heavy atom. The largest absolute Gasteiger partial charge is 0.337 e. The third-order valence-corrected chi connectivity index (χ3v) is 4.81. The topological polar surface area (TPSA) is 49.4 Å². The van der Waals surface area contributed by atoms with Crippen molar-refractivity contribution in [2.45, 2.75) is 19.3 Å². The third kappa shape index (κ3) is 4.82. The summed E-state index contributed by atoms with van der Waals surface area (Å²) in [5, 5.41) is 2.82. The Labute approximate surface area is 162 Å². The van der Waals surface area contributed by atoms with Crippen LogP contribution in [0, 0.1) is 0 Å². The fraction of sp³-hybridized carbons (Fsp3) is 0.238. The van der Waals surface area contributed by atoms with Crippen molar-refractivity contribution in [2.75, 3.05) is 13.1 Å². The molecule has 1 saturated heterocycles. The molecule has 2 aromatic carbocycles. The Kier molecular flexibility index (Phi) is 6.23. The first-order valence-corrected chi connectivity index (χ1v) is 9.56. The molecule has 2 aromatic rings. The van der Waals surface area contributed by atoms with E-state index in [9.17, 15) is 9.59 Å². The second kappa shape index (κ2) is 8.81. The van der Waals surface area contributed by atoms with Crippen LogP contribution in [0.4, 0.5) is 0 Å². The summed E-state index contributed by atoms with van der Waals surface area (Å²) in [6.07, 6.45) is 4.90. The zero-order valence-corrected chi connectivity index (χ0v) is 16.0. The van der Waals surface area contributed by atoms with E-state index < -0.39 is 0 Å². The Morgan fingerprint density at radius 1 is 0.962 bits per heavy atom. The van der Waals surface area contributed by atoms with Gasteiger partial charge in [0.1, 0.15) is 5.70 Å². The third-order valence-electron chi connectivity index (χ3n) is 4.32. The lowest BCUT2D eigenvalue weighted by atomic mass is 10.1. The lowest BCUT2D eigenvalue weighted by molar-refractivity contribution is -0.128. The highest BCUT2D eigenvalue weighted by Crippen LogP contribution is 2.15. The summed E-state index contributed by atoms with van der Waals surface area (Å²) < 4.78 is 0.820. The highest BCUT2D eigenvalue weighted by atomic mass is 79.9. The molecular formula is C21H21BrN2O2. The van der Waals surface area contributed by atoms with E-state index in [2.05, 4.69) is 21.2 Å². The summed E-state index contributed by atoms with van der Waals surface area (Å²) in [5.41, 5.74) is 1.69. The molecule has 1 N–H and O–H groups in total. The lowest BCUT2D eigenvalue weighted by Gasteiger charge is -2.27. The van der Waals surface area contributed by atoms with Gasteiger partial charge in [-0.25, -0.2) is 0 Å². The molecule has 1 aliphatic heterocycles. The number of likely N-dealkylation sites (tertiary alicyclic amines) is 1. The van der Waals surface area contributed by atoms with Crippen LogP contribution in [0.1, 0.15) is 35.2 Å². The van der Waals surface area contributed by atoms with E-state index in [1.54, 1.807) is 24.3 Å². The van der Waals surface area contributed by atoms with Crippen molar-refractivity contribution in [1.29, 1.82) is 0 Å². The van der Waals surface area contributed by atoms with Gasteiger partial charge >= 0.3 is 0 Å². The van der Waals surface area contributed by atoms with E-state index in [0.29, 0.717) is 11.3 Å². The van der Waals surface area contributed by atoms with Crippen molar-refractivity contribution < 1.29 is 9.59 Å². The Bertz CT molecular complexity index is 812. The van der Waals surface area contributed by atoms with E-state index in [4.69, 9.17) is 0 Å². The van der Waals surface area contributed by atoms with Crippen molar-refractivity contribution in [3.05, 3.63) is 75.9 Å². The van der Waals surface area contributed by atoms with Crippen LogP contribution in [0.2, 0.25) is 0 Å². The van der Waals surface area contributed by atoms with Crippen LogP contribution in [0.5, 0.6) is 0 Å². The summed E-state index contributed by atoms with van der Waals surface area (Å²) in [5.74, 6) is -0.421. The van der Waals surface area contributed by atoms with Crippen LogP contribution in [-0.2, 0) is 4.79 Å². The number of amides is 2. The molecule has 0 aliphatic carbocycles. The number of rotatable bonds is 4. The first-order chi connectivity index (χ1) is 12.6. The number of benzene rings is 2. The molecule has 0 radical (unpaired) electrons. The predicted octanol–water partition coefficient (Wildman–Crippen LogP) is 4.23. The molecule has 0 atom stereocenters. The molecule has 1 heterocycles. The van der Waals surface area contributed by atoms with E-state index in [1.165, 1.54) is 0 Å². The highest BCUT2D eigenvalue weighted by Gasteiger charge is 2.22. The second-order valence-electron chi connectivity index (χ2n) is 6.29. The summed E-state index contributed by atoms with van der Waals surface area (Å²) in [4.78, 5) is 27.4. The Hall–Kier alpha value is -2.40. The van der Waals surface area contributed by atoms with E-state index in [1.807, 2.05) is 41.3 Å². The van der Waals surface area contributed by atoms with Gasteiger partial charge in [-0.15, -0.1) is 0 Å². The van der Waals surface area contributed by atoms with Crippen molar-refractivity contribution in [3.63, 3.8) is 0 Å². The molecule has 1 fully saturated rings. The van der Waals surface area contributed by atoms with Crippen LogP contribution in [0.3, 0.4) is 0 Å². The van der Waals surface area contributed by atoms with Gasteiger partial charge in [0, 0.05) is 23.1 Å². The van der Waals surface area contributed by atoms with E-state index >= 15 is 0 Å². The summed E-state index contributed by atoms with van der Waals surface area (Å²) >= 11 is 3.37. The number of nitrogens with one attached hydrogen (secondary N) is 1. The minimum atomic E-state index is -0.293. The molecule has 0 aromatic heterocycles. The van der Waals surface area contributed by atoms with Crippen LogP contribution in [0.15, 0.2) is 64.8 Å². The monoisotopic (exact) mass is 412 g/mol. The smallest absolute Gasteiger partial charge is 0.270 e. The van der Waals surface area contributed by atoms with E-state index in [0.717, 1.165) is 42.4 Å². The van der Waals surface area contributed by atoms with Crippen molar-refractivity contribution in [1.82, 2.24) is 10.2 Å². The number of carbonyl (C=O) groups excluding carboxylic acids is 2. The molecular weight excluding hydrogens is 392 g/mol. The molecule has 0 spiro atoms. The molecule has 3 rings (SSSR count). The van der Waals surface area contributed by atoms with Gasteiger partial charge in [0.25, 0.3) is 11.8 Å². The van der Waals surface area contributed by atoms with Crippen LogP contribution >= 0.6 is 15.9 Å². The summed E-state index contributed by atoms with van der Waals surface area (Å²) in [6, 6.07) is 16.7. The van der Waals surface area contributed by atoms with Crippen molar-refractivity contribution >= 4 is 33.8 Å². The van der Waals surface area contributed by atoms with Gasteiger partial charge in [-0.3, -0.25) is 9.59 Å². The average molecular weight is 413 g/mol. The van der Waals surface area contributed by atoms with Gasteiger partial charge in [0.15, 0.2) is 0 Å². The second-order valence-corrected chi connectivity index (χ2v) is 7.20. The van der Waals surface area contributed by atoms with Gasteiger partial charge < -0.3 is 10.2 Å². The quantitative estimate of drug-likeness (QED) is 0.763. The molecule has 0 unspecified atom stereocenters. The SMILES string of the molecule is O=C(NC(=Cc1ccccc1)C(=O)N1CCCCC1)c1cccc(Br)c1. The summed E-state index contributed by atoms with van der Waals surface area (Å²) in [6.45, 7) is 1.47. The number of piperidine rings is 1. The maximum absolute atomic E-state index is 13.0. The first-order valence-electron chi connectivity index (χ1n) is 8.76. The molecule has 1 aliphatic rings. The molecule has 2 amide bonds.